The average molecular weight is 424 g/mol. The van der Waals surface area contributed by atoms with Crippen LogP contribution in [0.15, 0.2) is 48.5 Å². The molecule has 3 rings (SSSR count). The number of rotatable bonds is 7. The van der Waals surface area contributed by atoms with Crippen LogP contribution in [0.2, 0.25) is 0 Å². The maximum absolute atomic E-state index is 12.8. The highest BCUT2D eigenvalue weighted by Crippen LogP contribution is 2.27. The molecule has 0 aromatic heterocycles. The number of hydrogen-bond donors (Lipinski definition) is 2. The highest BCUT2D eigenvalue weighted by atomic mass is 16.5. The van der Waals surface area contributed by atoms with Crippen molar-refractivity contribution in [2.45, 2.75) is 52.1 Å². The zero-order chi connectivity index (χ0) is 22.2. The molecule has 0 radical (unpaired) electrons. The fourth-order valence-corrected chi connectivity index (χ4v) is 3.93. The molecule has 0 aliphatic carbocycles. The number of hydrogen-bond acceptors (Lipinski definition) is 3. The lowest BCUT2D eigenvalue weighted by Crippen LogP contribution is -2.47. The molecule has 2 N–H and O–H groups in total. The third-order valence-electron chi connectivity index (χ3n) is 5.45. The number of nitrogens with zero attached hydrogens (tertiary/aromatic N) is 1. The van der Waals surface area contributed by atoms with Gasteiger partial charge in [0.1, 0.15) is 5.75 Å². The highest BCUT2D eigenvalue weighted by Gasteiger charge is 2.25. The summed E-state index contributed by atoms with van der Waals surface area (Å²) in [7, 11) is 0. The van der Waals surface area contributed by atoms with Crippen molar-refractivity contribution >= 4 is 11.9 Å². The molecule has 1 aliphatic rings. The lowest BCUT2D eigenvalue weighted by molar-refractivity contribution is 0.0950. The summed E-state index contributed by atoms with van der Waals surface area (Å²) in [5.41, 5.74) is 2.69. The Kier molecular flexibility index (Phi) is 7.93. The van der Waals surface area contributed by atoms with E-state index in [0.29, 0.717) is 25.3 Å². The lowest BCUT2D eigenvalue weighted by Gasteiger charge is -2.33. The molecule has 3 amide bonds. The van der Waals surface area contributed by atoms with Gasteiger partial charge in [0, 0.05) is 42.7 Å². The van der Waals surface area contributed by atoms with Gasteiger partial charge in [0.25, 0.3) is 5.91 Å². The summed E-state index contributed by atoms with van der Waals surface area (Å²) < 4.78 is 5.64. The Morgan fingerprint density at radius 3 is 2.74 bits per heavy atom. The number of amides is 3. The maximum Gasteiger partial charge on any atom is 0.317 e. The van der Waals surface area contributed by atoms with E-state index in [9.17, 15) is 9.59 Å². The Labute approximate surface area is 185 Å². The molecule has 1 fully saturated rings. The van der Waals surface area contributed by atoms with Crippen molar-refractivity contribution in [2.24, 2.45) is 0 Å². The van der Waals surface area contributed by atoms with E-state index in [-0.39, 0.29) is 23.9 Å². The summed E-state index contributed by atoms with van der Waals surface area (Å²) >= 11 is 0. The van der Waals surface area contributed by atoms with Crippen LogP contribution in [0, 0.1) is 0 Å². The van der Waals surface area contributed by atoms with Crippen molar-refractivity contribution in [3.05, 3.63) is 65.2 Å². The van der Waals surface area contributed by atoms with Crippen LogP contribution < -0.4 is 15.4 Å². The number of benzene rings is 2. The van der Waals surface area contributed by atoms with Gasteiger partial charge in [0.2, 0.25) is 0 Å². The summed E-state index contributed by atoms with van der Waals surface area (Å²) in [5.74, 6) is 0.914. The van der Waals surface area contributed by atoms with Crippen molar-refractivity contribution in [2.75, 3.05) is 19.7 Å². The molecule has 31 heavy (non-hydrogen) atoms. The minimum Gasteiger partial charge on any atom is -0.494 e. The van der Waals surface area contributed by atoms with Gasteiger partial charge in [-0.15, -0.1) is 0 Å². The molecule has 0 bridgehead atoms. The Bertz CT molecular complexity index is 897. The quantitative estimate of drug-likeness (QED) is 0.697. The third-order valence-corrected chi connectivity index (χ3v) is 5.45. The van der Waals surface area contributed by atoms with Crippen molar-refractivity contribution < 1.29 is 14.3 Å². The van der Waals surface area contributed by atoms with Gasteiger partial charge in [0.15, 0.2) is 0 Å². The lowest BCUT2D eigenvalue weighted by atomic mass is 9.89. The Morgan fingerprint density at radius 1 is 1.16 bits per heavy atom. The zero-order valence-electron chi connectivity index (χ0n) is 18.7. The average Bonchev–Trinajstić information content (AvgIpc) is 2.78. The minimum absolute atomic E-state index is 0.0124. The van der Waals surface area contributed by atoms with Crippen LogP contribution in [0.3, 0.4) is 0 Å². The van der Waals surface area contributed by atoms with Gasteiger partial charge < -0.3 is 20.3 Å². The molecule has 0 saturated carbocycles. The summed E-state index contributed by atoms with van der Waals surface area (Å²) in [6.07, 6.45) is 1.97. The summed E-state index contributed by atoms with van der Waals surface area (Å²) in [4.78, 5) is 27.1. The molecule has 1 aliphatic heterocycles. The maximum atomic E-state index is 12.8. The van der Waals surface area contributed by atoms with Gasteiger partial charge in [-0.2, -0.15) is 0 Å². The van der Waals surface area contributed by atoms with E-state index in [1.807, 2.05) is 68.1 Å². The highest BCUT2D eigenvalue weighted by molar-refractivity contribution is 5.94. The first-order valence-corrected chi connectivity index (χ1v) is 11.1. The molecule has 0 spiro atoms. The number of nitrogens with one attached hydrogen (secondary N) is 2. The predicted molar refractivity (Wildman–Crippen MR) is 122 cm³/mol. The number of piperidine rings is 1. The second kappa shape index (κ2) is 10.8. The summed E-state index contributed by atoms with van der Waals surface area (Å²) in [6.45, 7) is 8.31. The number of likely N-dealkylation sites (tertiary alicyclic amines) is 1. The monoisotopic (exact) mass is 423 g/mol. The number of para-hydroxylation sites is 1. The van der Waals surface area contributed by atoms with Crippen molar-refractivity contribution in [3.8, 4) is 5.75 Å². The number of ether oxygens (including phenoxy) is 1. The molecule has 1 heterocycles. The second-order valence-corrected chi connectivity index (χ2v) is 8.24. The van der Waals surface area contributed by atoms with Gasteiger partial charge in [0.05, 0.1) is 6.61 Å². The van der Waals surface area contributed by atoms with Crippen molar-refractivity contribution in [1.82, 2.24) is 15.5 Å². The van der Waals surface area contributed by atoms with Gasteiger partial charge >= 0.3 is 6.03 Å². The van der Waals surface area contributed by atoms with Gasteiger partial charge in [-0.25, -0.2) is 4.79 Å². The van der Waals surface area contributed by atoms with Crippen LogP contribution in [0.1, 0.15) is 61.0 Å². The molecule has 0 unspecified atom stereocenters. The first-order chi connectivity index (χ1) is 15.0. The molecule has 2 aromatic carbocycles. The first kappa shape index (κ1) is 22.7. The molecule has 1 atom stereocenters. The molecule has 166 valence electrons. The molecule has 6 heteroatoms. The van der Waals surface area contributed by atoms with E-state index < -0.39 is 0 Å². The van der Waals surface area contributed by atoms with Gasteiger partial charge in [-0.05, 0) is 57.4 Å². The minimum atomic E-state index is -0.113. The molecule has 6 nitrogen and oxygen atoms in total. The second-order valence-electron chi connectivity index (χ2n) is 8.24. The summed E-state index contributed by atoms with van der Waals surface area (Å²) in [6, 6.07) is 15.6. The topological polar surface area (TPSA) is 70.7 Å². The van der Waals surface area contributed by atoms with Crippen LogP contribution >= 0.6 is 0 Å². The van der Waals surface area contributed by atoms with Gasteiger partial charge in [-0.1, -0.05) is 30.3 Å². The van der Waals surface area contributed by atoms with Crippen LogP contribution in [0.25, 0.3) is 0 Å². The Morgan fingerprint density at radius 2 is 1.97 bits per heavy atom. The van der Waals surface area contributed by atoms with Crippen LogP contribution in [-0.2, 0) is 6.54 Å². The summed E-state index contributed by atoms with van der Waals surface area (Å²) in [5, 5.41) is 5.97. The Balaban J connectivity index is 1.64. The van der Waals surface area contributed by atoms with E-state index in [1.54, 1.807) is 0 Å². The van der Waals surface area contributed by atoms with Crippen molar-refractivity contribution in [3.63, 3.8) is 0 Å². The zero-order valence-corrected chi connectivity index (χ0v) is 18.7. The predicted octanol–water partition coefficient (Wildman–Crippen LogP) is 4.31. The molecule has 1 saturated heterocycles. The van der Waals surface area contributed by atoms with E-state index in [4.69, 9.17) is 4.74 Å². The third kappa shape index (κ3) is 6.23. The van der Waals surface area contributed by atoms with E-state index in [1.165, 1.54) is 0 Å². The molecular formula is C25H33N3O3. The number of urea groups is 1. The molecule has 2 aromatic rings. The SMILES string of the molecule is CCOc1ccccc1CNC(=O)c1cccc([C@@H]2CCCN(C(=O)NC(C)C)C2)c1. The van der Waals surface area contributed by atoms with E-state index >= 15 is 0 Å². The number of carbonyl (C=O) groups is 2. The van der Waals surface area contributed by atoms with Crippen LogP contribution in [-0.4, -0.2) is 42.6 Å². The Hall–Kier alpha value is -3.02. The smallest absolute Gasteiger partial charge is 0.317 e. The number of carbonyl (C=O) groups excluding carboxylic acids is 2. The van der Waals surface area contributed by atoms with Crippen LogP contribution in [0.4, 0.5) is 4.79 Å². The first-order valence-electron chi connectivity index (χ1n) is 11.1. The standard InChI is InChI=1S/C25H33N3O3/c1-4-31-23-13-6-5-9-21(23)16-26-24(29)20-11-7-10-19(15-20)22-12-8-14-28(17-22)25(30)27-18(2)3/h5-7,9-11,13,15,18,22H,4,8,12,14,16-17H2,1-3H3,(H,26,29)(H,27,30)/t22-/m1/s1. The molecular weight excluding hydrogens is 390 g/mol. The van der Waals surface area contributed by atoms with Gasteiger partial charge in [-0.3, -0.25) is 4.79 Å². The van der Waals surface area contributed by atoms with Crippen LogP contribution in [0.5, 0.6) is 5.75 Å². The normalized spacial score (nSPS) is 16.1. The largest absolute Gasteiger partial charge is 0.494 e. The van der Waals surface area contributed by atoms with E-state index in [2.05, 4.69) is 16.7 Å². The fraction of sp³-hybridized carbons (Fsp3) is 0.440. The van der Waals surface area contributed by atoms with E-state index in [0.717, 1.165) is 36.3 Å². The van der Waals surface area contributed by atoms with Crippen molar-refractivity contribution in [1.29, 1.82) is 0 Å². The fourth-order valence-electron chi connectivity index (χ4n) is 3.93.